The second-order valence-corrected chi connectivity index (χ2v) is 6.63. The fourth-order valence-corrected chi connectivity index (χ4v) is 3.34. The highest BCUT2D eigenvalue weighted by molar-refractivity contribution is 6.07. The molecule has 0 unspecified atom stereocenters. The molecule has 1 aromatic carbocycles. The SMILES string of the molecule is Cn1cc2[nH]c3ccc(C(=O)O)cc3c2n1.FC(F)(F)C1CCCCC1. The van der Waals surface area contributed by atoms with E-state index < -0.39 is 18.1 Å². The standard InChI is InChI=1S/C11H9N3O2.C7H11F3/c1-14-5-9-10(13-14)7-4-6(11(15)16)2-3-8(7)12-9;8-7(9,10)6-4-2-1-3-5-6/h2-5,12H,1H3,(H,15,16);6H,1-5H2. The van der Waals surface area contributed by atoms with Crippen molar-refractivity contribution in [2.24, 2.45) is 13.0 Å². The highest BCUT2D eigenvalue weighted by Crippen LogP contribution is 2.37. The first kappa shape index (κ1) is 18.3. The fourth-order valence-electron chi connectivity index (χ4n) is 3.34. The van der Waals surface area contributed by atoms with Gasteiger partial charge in [-0.25, -0.2) is 4.79 Å². The molecule has 2 aromatic heterocycles. The van der Waals surface area contributed by atoms with Gasteiger partial charge in [0.15, 0.2) is 0 Å². The molecule has 0 aliphatic heterocycles. The quantitative estimate of drug-likeness (QED) is 0.644. The summed E-state index contributed by atoms with van der Waals surface area (Å²) in [4.78, 5) is 14.1. The minimum atomic E-state index is -3.93. The molecule has 0 atom stereocenters. The lowest BCUT2D eigenvalue weighted by Gasteiger charge is -2.23. The number of fused-ring (bicyclic) bond motifs is 3. The molecular weight excluding hydrogens is 347 g/mol. The third kappa shape index (κ3) is 3.84. The molecule has 1 aliphatic rings. The van der Waals surface area contributed by atoms with E-state index in [1.807, 2.05) is 13.2 Å². The van der Waals surface area contributed by atoms with Gasteiger partial charge in [-0.15, -0.1) is 0 Å². The summed E-state index contributed by atoms with van der Waals surface area (Å²) in [6, 6.07) is 4.99. The van der Waals surface area contributed by atoms with Crippen LogP contribution in [0.5, 0.6) is 0 Å². The maximum absolute atomic E-state index is 11.9. The van der Waals surface area contributed by atoms with Gasteiger partial charge in [-0.2, -0.15) is 18.3 Å². The largest absolute Gasteiger partial charge is 0.478 e. The molecule has 0 saturated heterocycles. The van der Waals surface area contributed by atoms with Crippen molar-refractivity contribution in [2.75, 3.05) is 0 Å². The first-order valence-corrected chi connectivity index (χ1v) is 8.51. The Kier molecular flexibility index (Phi) is 4.93. The van der Waals surface area contributed by atoms with Crippen LogP contribution >= 0.6 is 0 Å². The number of aryl methyl sites for hydroxylation is 1. The van der Waals surface area contributed by atoms with E-state index in [4.69, 9.17) is 5.11 Å². The van der Waals surface area contributed by atoms with Gasteiger partial charge >= 0.3 is 12.1 Å². The van der Waals surface area contributed by atoms with Gasteiger partial charge in [0.25, 0.3) is 0 Å². The highest BCUT2D eigenvalue weighted by atomic mass is 19.4. The lowest BCUT2D eigenvalue weighted by molar-refractivity contribution is -0.181. The average molecular weight is 367 g/mol. The molecule has 4 rings (SSSR count). The minimum Gasteiger partial charge on any atom is -0.478 e. The number of hydrogen-bond acceptors (Lipinski definition) is 2. The van der Waals surface area contributed by atoms with Gasteiger partial charge in [-0.3, -0.25) is 4.68 Å². The summed E-state index contributed by atoms with van der Waals surface area (Å²) in [7, 11) is 1.83. The molecule has 26 heavy (non-hydrogen) atoms. The Balaban J connectivity index is 0.000000170. The smallest absolute Gasteiger partial charge is 0.391 e. The van der Waals surface area contributed by atoms with Crippen molar-refractivity contribution in [3.8, 4) is 0 Å². The van der Waals surface area contributed by atoms with Crippen molar-refractivity contribution in [3.63, 3.8) is 0 Å². The summed E-state index contributed by atoms with van der Waals surface area (Å²) >= 11 is 0. The predicted octanol–water partition coefficient (Wildman–Crippen LogP) is 4.88. The van der Waals surface area contributed by atoms with Crippen molar-refractivity contribution in [2.45, 2.75) is 38.3 Å². The van der Waals surface area contributed by atoms with Crippen molar-refractivity contribution < 1.29 is 23.1 Å². The van der Waals surface area contributed by atoms with Crippen molar-refractivity contribution in [1.82, 2.24) is 14.8 Å². The van der Waals surface area contributed by atoms with Gasteiger partial charge in [-0.05, 0) is 31.0 Å². The summed E-state index contributed by atoms with van der Waals surface area (Å²) in [6.45, 7) is 0. The van der Waals surface area contributed by atoms with Crippen LogP contribution in [0.4, 0.5) is 13.2 Å². The monoisotopic (exact) mass is 367 g/mol. The minimum absolute atomic E-state index is 0.277. The molecule has 0 radical (unpaired) electrons. The number of rotatable bonds is 1. The summed E-state index contributed by atoms with van der Waals surface area (Å²) < 4.78 is 37.5. The molecule has 1 fully saturated rings. The van der Waals surface area contributed by atoms with Crippen LogP contribution in [0, 0.1) is 5.92 Å². The molecule has 2 N–H and O–H groups in total. The number of alkyl halides is 3. The molecule has 5 nitrogen and oxygen atoms in total. The number of aromatic amines is 1. The van der Waals surface area contributed by atoms with E-state index in [-0.39, 0.29) is 5.56 Å². The van der Waals surface area contributed by atoms with Crippen LogP contribution in [0.2, 0.25) is 0 Å². The summed E-state index contributed by atoms with van der Waals surface area (Å²) in [5.41, 5.74) is 2.91. The number of carboxylic acids is 1. The first-order valence-electron chi connectivity index (χ1n) is 8.51. The van der Waals surface area contributed by atoms with E-state index in [1.54, 1.807) is 22.9 Å². The number of benzene rings is 1. The number of nitrogens with one attached hydrogen (secondary N) is 1. The van der Waals surface area contributed by atoms with Crippen molar-refractivity contribution in [3.05, 3.63) is 30.0 Å². The van der Waals surface area contributed by atoms with Gasteiger partial charge in [0.1, 0.15) is 5.52 Å². The Hall–Kier alpha value is -2.51. The van der Waals surface area contributed by atoms with Crippen LogP contribution < -0.4 is 0 Å². The zero-order valence-electron chi connectivity index (χ0n) is 14.3. The van der Waals surface area contributed by atoms with Crippen LogP contribution in [-0.4, -0.2) is 32.0 Å². The van der Waals surface area contributed by atoms with Gasteiger partial charge in [0.05, 0.1) is 17.0 Å². The molecule has 2 heterocycles. The third-order valence-electron chi connectivity index (χ3n) is 4.69. The van der Waals surface area contributed by atoms with Gasteiger partial charge in [-0.1, -0.05) is 19.3 Å². The van der Waals surface area contributed by atoms with Crippen molar-refractivity contribution >= 4 is 27.9 Å². The van der Waals surface area contributed by atoms with E-state index >= 15 is 0 Å². The zero-order chi connectivity index (χ0) is 18.9. The topological polar surface area (TPSA) is 70.9 Å². The Morgan fingerprint density at radius 1 is 1.23 bits per heavy atom. The van der Waals surface area contributed by atoms with Crippen LogP contribution in [0.1, 0.15) is 42.5 Å². The number of halogens is 3. The lowest BCUT2D eigenvalue weighted by atomic mass is 9.89. The van der Waals surface area contributed by atoms with Gasteiger partial charge in [0, 0.05) is 24.1 Å². The number of aromatic carboxylic acids is 1. The Morgan fingerprint density at radius 3 is 2.50 bits per heavy atom. The molecule has 8 heteroatoms. The Labute approximate surface area is 147 Å². The number of hydrogen-bond donors (Lipinski definition) is 2. The summed E-state index contributed by atoms with van der Waals surface area (Å²) in [5.74, 6) is -1.92. The molecule has 3 aromatic rings. The summed E-state index contributed by atoms with van der Waals surface area (Å²) in [6.07, 6.45) is 1.13. The Morgan fingerprint density at radius 2 is 1.92 bits per heavy atom. The molecular formula is C18H20F3N3O2. The summed E-state index contributed by atoms with van der Waals surface area (Å²) in [5, 5.41) is 14.1. The van der Waals surface area contributed by atoms with Crippen LogP contribution in [0.25, 0.3) is 21.9 Å². The maximum atomic E-state index is 11.9. The normalized spacial score (nSPS) is 15.8. The number of aromatic nitrogens is 3. The van der Waals surface area contributed by atoms with E-state index in [2.05, 4.69) is 10.1 Å². The zero-order valence-corrected chi connectivity index (χ0v) is 14.3. The second-order valence-electron chi connectivity index (χ2n) is 6.63. The highest BCUT2D eigenvalue weighted by Gasteiger charge is 2.39. The van der Waals surface area contributed by atoms with E-state index in [0.717, 1.165) is 41.2 Å². The molecule has 140 valence electrons. The predicted molar refractivity (Wildman–Crippen MR) is 92.2 cm³/mol. The van der Waals surface area contributed by atoms with Crippen LogP contribution in [-0.2, 0) is 7.05 Å². The molecule has 1 aliphatic carbocycles. The maximum Gasteiger partial charge on any atom is 0.391 e. The van der Waals surface area contributed by atoms with Gasteiger partial charge in [0.2, 0.25) is 0 Å². The lowest BCUT2D eigenvalue weighted by Crippen LogP contribution is -2.24. The first-order chi connectivity index (χ1) is 12.3. The van der Waals surface area contributed by atoms with Crippen LogP contribution in [0.3, 0.4) is 0 Å². The third-order valence-corrected chi connectivity index (χ3v) is 4.69. The number of carboxylic acid groups (broad SMARTS) is 1. The fraction of sp³-hybridized carbons (Fsp3) is 0.444. The van der Waals surface area contributed by atoms with E-state index in [9.17, 15) is 18.0 Å². The van der Waals surface area contributed by atoms with E-state index in [1.165, 1.54) is 0 Å². The average Bonchev–Trinajstić information content (AvgIpc) is 3.11. The second kappa shape index (κ2) is 7.01. The number of H-pyrrole nitrogens is 1. The molecule has 0 bridgehead atoms. The molecule has 0 spiro atoms. The molecule has 1 saturated carbocycles. The van der Waals surface area contributed by atoms with Crippen molar-refractivity contribution in [1.29, 1.82) is 0 Å². The van der Waals surface area contributed by atoms with E-state index in [0.29, 0.717) is 12.8 Å². The number of carbonyl (C=O) groups is 1. The molecule has 0 amide bonds. The van der Waals surface area contributed by atoms with Crippen LogP contribution in [0.15, 0.2) is 24.4 Å². The van der Waals surface area contributed by atoms with Gasteiger partial charge < -0.3 is 10.1 Å². The Bertz CT molecular complexity index is 921. The number of nitrogens with zero attached hydrogens (tertiary/aromatic N) is 2.